The largest absolute Gasteiger partial charge is 0.363 e. The lowest BCUT2D eigenvalue weighted by Gasteiger charge is -2.24. The molecule has 0 amide bonds. The number of H-pyrrole nitrogens is 1. The predicted octanol–water partition coefficient (Wildman–Crippen LogP) is 0.472. The molecule has 0 aliphatic carbocycles. The Labute approximate surface area is 106 Å². The Morgan fingerprint density at radius 2 is 2.18 bits per heavy atom. The number of nitrogens with zero attached hydrogens (tertiary/aromatic N) is 1. The Bertz CT molecular complexity index is 464. The Balaban J connectivity index is 2.18. The molecule has 0 radical (unpaired) electrons. The molecule has 7 heteroatoms. The maximum Gasteiger partial charge on any atom is 0.244 e. The molecule has 1 saturated heterocycles. The fourth-order valence-electron chi connectivity index (χ4n) is 1.80. The molecule has 2 N–H and O–H groups in total. The third-order valence-electron chi connectivity index (χ3n) is 2.69. The Kier molecular flexibility index (Phi) is 4.13. The van der Waals surface area contributed by atoms with Crippen LogP contribution in [-0.4, -0.2) is 49.3 Å². The zero-order valence-corrected chi connectivity index (χ0v) is 11.4. The Hall–Kier alpha value is -0.500. The van der Waals surface area contributed by atoms with E-state index >= 15 is 0 Å². The minimum Gasteiger partial charge on any atom is -0.363 e. The van der Waals surface area contributed by atoms with Crippen molar-refractivity contribution in [1.29, 1.82) is 0 Å². The van der Waals surface area contributed by atoms with Crippen molar-refractivity contribution in [3.63, 3.8) is 0 Å². The standard InChI is InChI=1S/C10H17N3O2S2/c1-11-7-9-6-10(8-12-9)17(14,15)13-2-4-16-5-3-13/h6,8,11-12H,2-5,7H2,1H3. The molecule has 0 saturated carbocycles. The van der Waals surface area contributed by atoms with Crippen LogP contribution >= 0.6 is 11.8 Å². The van der Waals surface area contributed by atoms with E-state index in [4.69, 9.17) is 0 Å². The molecule has 0 spiro atoms. The van der Waals surface area contributed by atoms with E-state index in [-0.39, 0.29) is 0 Å². The summed E-state index contributed by atoms with van der Waals surface area (Å²) in [4.78, 5) is 3.35. The third kappa shape index (κ3) is 2.85. The number of thioether (sulfide) groups is 1. The van der Waals surface area contributed by atoms with Crippen LogP contribution in [-0.2, 0) is 16.6 Å². The number of aromatic amines is 1. The summed E-state index contributed by atoms with van der Waals surface area (Å²) in [6.45, 7) is 1.87. The fourth-order valence-corrected chi connectivity index (χ4v) is 4.39. The van der Waals surface area contributed by atoms with E-state index in [1.165, 1.54) is 0 Å². The lowest BCUT2D eigenvalue weighted by molar-refractivity contribution is 0.443. The van der Waals surface area contributed by atoms with Crippen LogP contribution in [0.5, 0.6) is 0 Å². The zero-order chi connectivity index (χ0) is 12.3. The van der Waals surface area contributed by atoms with Gasteiger partial charge in [0.1, 0.15) is 0 Å². The van der Waals surface area contributed by atoms with E-state index in [0.717, 1.165) is 17.2 Å². The van der Waals surface area contributed by atoms with Gasteiger partial charge in [-0.25, -0.2) is 8.42 Å². The van der Waals surface area contributed by atoms with Crippen LogP contribution in [0, 0.1) is 0 Å². The molecule has 17 heavy (non-hydrogen) atoms. The molecular formula is C10H17N3O2S2. The maximum absolute atomic E-state index is 12.3. The van der Waals surface area contributed by atoms with Crippen molar-refractivity contribution in [2.24, 2.45) is 0 Å². The summed E-state index contributed by atoms with van der Waals surface area (Å²) in [5, 5.41) is 2.99. The lowest BCUT2D eigenvalue weighted by atomic mass is 10.4. The average Bonchev–Trinajstić information content (AvgIpc) is 2.80. The molecule has 1 fully saturated rings. The molecular weight excluding hydrogens is 258 g/mol. The minimum absolute atomic E-state index is 0.370. The average molecular weight is 275 g/mol. The molecule has 1 aromatic rings. The van der Waals surface area contributed by atoms with Gasteiger partial charge in [-0.3, -0.25) is 0 Å². The van der Waals surface area contributed by atoms with Gasteiger partial charge < -0.3 is 10.3 Å². The first-order valence-electron chi connectivity index (χ1n) is 5.54. The van der Waals surface area contributed by atoms with E-state index in [0.29, 0.717) is 24.5 Å². The molecule has 2 rings (SSSR count). The van der Waals surface area contributed by atoms with Crippen molar-refractivity contribution in [2.45, 2.75) is 11.4 Å². The highest BCUT2D eigenvalue weighted by molar-refractivity contribution is 7.99. The first kappa shape index (κ1) is 12.9. The molecule has 96 valence electrons. The molecule has 1 aromatic heterocycles. The van der Waals surface area contributed by atoms with Crippen LogP contribution < -0.4 is 5.32 Å². The monoisotopic (exact) mass is 275 g/mol. The van der Waals surface area contributed by atoms with Gasteiger partial charge in [0.2, 0.25) is 10.0 Å². The minimum atomic E-state index is -3.30. The third-order valence-corrected chi connectivity index (χ3v) is 5.51. The van der Waals surface area contributed by atoms with E-state index in [2.05, 4.69) is 10.3 Å². The van der Waals surface area contributed by atoms with Crippen LogP contribution in [0.15, 0.2) is 17.2 Å². The van der Waals surface area contributed by atoms with Crippen LogP contribution in [0.1, 0.15) is 5.69 Å². The van der Waals surface area contributed by atoms with Crippen molar-refractivity contribution in [3.8, 4) is 0 Å². The van der Waals surface area contributed by atoms with Crippen molar-refractivity contribution < 1.29 is 8.42 Å². The van der Waals surface area contributed by atoms with E-state index in [1.807, 2.05) is 7.05 Å². The Morgan fingerprint density at radius 1 is 1.47 bits per heavy atom. The molecule has 1 aliphatic rings. The topological polar surface area (TPSA) is 65.2 Å². The van der Waals surface area contributed by atoms with Gasteiger partial charge in [-0.05, 0) is 13.1 Å². The van der Waals surface area contributed by atoms with Crippen molar-refractivity contribution >= 4 is 21.8 Å². The summed E-state index contributed by atoms with van der Waals surface area (Å²) < 4.78 is 26.1. The second kappa shape index (κ2) is 5.43. The van der Waals surface area contributed by atoms with Gasteiger partial charge in [0, 0.05) is 43.0 Å². The SMILES string of the molecule is CNCc1cc(S(=O)(=O)N2CCSCC2)c[nH]1. The van der Waals surface area contributed by atoms with Crippen LogP contribution in [0.3, 0.4) is 0 Å². The summed E-state index contributed by atoms with van der Waals surface area (Å²) in [7, 11) is -1.47. The highest BCUT2D eigenvalue weighted by Gasteiger charge is 2.26. The van der Waals surface area contributed by atoms with Gasteiger partial charge in [0.05, 0.1) is 4.90 Å². The molecule has 0 unspecified atom stereocenters. The number of sulfonamides is 1. The molecule has 2 heterocycles. The number of hydrogen-bond donors (Lipinski definition) is 2. The quantitative estimate of drug-likeness (QED) is 0.838. The second-order valence-electron chi connectivity index (χ2n) is 3.91. The lowest BCUT2D eigenvalue weighted by Crippen LogP contribution is -2.37. The van der Waals surface area contributed by atoms with Gasteiger partial charge in [0.25, 0.3) is 0 Å². The second-order valence-corrected chi connectivity index (χ2v) is 7.07. The smallest absolute Gasteiger partial charge is 0.244 e. The van der Waals surface area contributed by atoms with Crippen molar-refractivity contribution in [3.05, 3.63) is 18.0 Å². The highest BCUT2D eigenvalue weighted by Crippen LogP contribution is 2.20. The van der Waals surface area contributed by atoms with Gasteiger partial charge in [-0.15, -0.1) is 0 Å². The maximum atomic E-state index is 12.3. The van der Waals surface area contributed by atoms with Gasteiger partial charge in [-0.2, -0.15) is 16.1 Å². The number of hydrogen-bond acceptors (Lipinski definition) is 4. The van der Waals surface area contributed by atoms with E-state index < -0.39 is 10.0 Å². The van der Waals surface area contributed by atoms with Crippen molar-refractivity contribution in [1.82, 2.24) is 14.6 Å². The Morgan fingerprint density at radius 3 is 2.82 bits per heavy atom. The number of rotatable bonds is 4. The van der Waals surface area contributed by atoms with E-state index in [9.17, 15) is 8.42 Å². The molecule has 1 aliphatic heterocycles. The fraction of sp³-hybridized carbons (Fsp3) is 0.600. The van der Waals surface area contributed by atoms with Crippen LogP contribution in [0.2, 0.25) is 0 Å². The number of nitrogens with one attached hydrogen (secondary N) is 2. The van der Waals surface area contributed by atoms with Crippen molar-refractivity contribution in [2.75, 3.05) is 31.6 Å². The molecule has 5 nitrogen and oxygen atoms in total. The predicted molar refractivity (Wildman–Crippen MR) is 69.6 cm³/mol. The summed E-state index contributed by atoms with van der Waals surface area (Å²) in [6, 6.07) is 1.70. The number of aromatic nitrogens is 1. The summed E-state index contributed by atoms with van der Waals surface area (Å²) in [5.74, 6) is 1.76. The summed E-state index contributed by atoms with van der Waals surface area (Å²) >= 11 is 1.80. The van der Waals surface area contributed by atoms with Crippen LogP contribution in [0.4, 0.5) is 0 Å². The first-order chi connectivity index (χ1) is 8.14. The summed E-state index contributed by atoms with van der Waals surface area (Å²) in [5.41, 5.74) is 0.887. The van der Waals surface area contributed by atoms with E-state index in [1.54, 1.807) is 28.3 Å². The normalized spacial score (nSPS) is 18.4. The summed E-state index contributed by atoms with van der Waals surface area (Å²) in [6.07, 6.45) is 1.57. The molecule has 0 bridgehead atoms. The van der Waals surface area contributed by atoms with Crippen LogP contribution in [0.25, 0.3) is 0 Å². The molecule has 0 atom stereocenters. The van der Waals surface area contributed by atoms with Gasteiger partial charge in [0.15, 0.2) is 0 Å². The highest BCUT2D eigenvalue weighted by atomic mass is 32.2. The first-order valence-corrected chi connectivity index (χ1v) is 8.14. The molecule has 0 aromatic carbocycles. The van der Waals surface area contributed by atoms with Gasteiger partial charge in [-0.1, -0.05) is 0 Å². The van der Waals surface area contributed by atoms with Gasteiger partial charge >= 0.3 is 0 Å². The zero-order valence-electron chi connectivity index (χ0n) is 9.77.